The second-order valence-electron chi connectivity index (χ2n) is 3.14. The number of halogens is 1. The molecule has 0 bridgehead atoms. The highest BCUT2D eigenvalue weighted by Gasteiger charge is 1.83. The Morgan fingerprint density at radius 3 is 1.44 bits per heavy atom. The maximum Gasteiger partial charge on any atom is 0.115 e. The van der Waals surface area contributed by atoms with Crippen LogP contribution in [0.15, 0.2) is 53.0 Å². The Bertz CT molecular complexity index is 340. The number of hydrogen-bond acceptors (Lipinski definition) is 3. The van der Waals surface area contributed by atoms with Gasteiger partial charge in [-0.3, -0.25) is 0 Å². The van der Waals surface area contributed by atoms with Gasteiger partial charge in [0.15, 0.2) is 0 Å². The first-order valence-corrected chi connectivity index (χ1v) is 5.43. The lowest BCUT2D eigenvalue weighted by Gasteiger charge is -1.90. The zero-order chi connectivity index (χ0) is 12.0. The van der Waals surface area contributed by atoms with E-state index in [-0.39, 0.29) is 0 Å². The molecule has 0 heterocycles. The first-order valence-electron chi connectivity index (χ1n) is 4.63. The Kier molecular flexibility index (Phi) is 4.66. The van der Waals surface area contributed by atoms with Gasteiger partial charge in [-0.15, -0.1) is 0 Å². The first-order chi connectivity index (χ1) is 7.58. The molecule has 2 aromatic carbocycles. The highest BCUT2D eigenvalue weighted by molar-refractivity contribution is 9.10. The summed E-state index contributed by atoms with van der Waals surface area (Å²) >= 11 is 3.23. The molecule has 0 aliphatic heterocycles. The summed E-state index contributed by atoms with van der Waals surface area (Å²) in [4.78, 5) is 0. The summed E-state index contributed by atoms with van der Waals surface area (Å²) in [6, 6.07) is 13.9. The molecule has 0 amide bonds. The summed E-state index contributed by atoms with van der Waals surface area (Å²) in [5.41, 5.74) is 12.2. The summed E-state index contributed by atoms with van der Waals surface area (Å²) in [5, 5.41) is 8.74. The Balaban J connectivity index is 0.000000160. The third kappa shape index (κ3) is 4.70. The standard InChI is InChI=1S/C6H5BrO.C6H8N2/c7-5-1-3-6(8)4-2-5;7-5-1-2-6(8)4-3-5/h1-4,8H;1-4H,7-8H2. The van der Waals surface area contributed by atoms with Crippen molar-refractivity contribution in [3.05, 3.63) is 53.0 Å². The van der Waals surface area contributed by atoms with E-state index in [9.17, 15) is 0 Å². The normalized spacial score (nSPS) is 9.06. The Morgan fingerprint density at radius 1 is 0.750 bits per heavy atom. The van der Waals surface area contributed by atoms with Gasteiger partial charge in [-0.1, -0.05) is 15.9 Å². The molecule has 0 aromatic heterocycles. The van der Waals surface area contributed by atoms with E-state index in [4.69, 9.17) is 16.6 Å². The van der Waals surface area contributed by atoms with Gasteiger partial charge in [0.05, 0.1) is 0 Å². The third-order valence-corrected chi connectivity index (χ3v) is 2.29. The van der Waals surface area contributed by atoms with Gasteiger partial charge in [-0.2, -0.15) is 0 Å². The van der Waals surface area contributed by atoms with Crippen molar-refractivity contribution in [3.8, 4) is 5.75 Å². The maximum absolute atomic E-state index is 8.74. The van der Waals surface area contributed by atoms with E-state index >= 15 is 0 Å². The van der Waals surface area contributed by atoms with Crippen molar-refractivity contribution in [2.45, 2.75) is 0 Å². The summed E-state index contributed by atoms with van der Waals surface area (Å²) < 4.78 is 0.982. The Morgan fingerprint density at radius 2 is 1.12 bits per heavy atom. The minimum atomic E-state index is 0.299. The molecule has 5 N–H and O–H groups in total. The number of phenolic OH excluding ortho intramolecular Hbond substituents is 1. The van der Waals surface area contributed by atoms with Crippen molar-refractivity contribution >= 4 is 27.3 Å². The van der Waals surface area contributed by atoms with Crippen LogP contribution in [0.25, 0.3) is 0 Å². The van der Waals surface area contributed by atoms with Crippen molar-refractivity contribution in [2.75, 3.05) is 11.5 Å². The van der Waals surface area contributed by atoms with Crippen LogP contribution in [0.1, 0.15) is 0 Å². The van der Waals surface area contributed by atoms with Gasteiger partial charge in [-0.25, -0.2) is 0 Å². The van der Waals surface area contributed by atoms with Crippen LogP contribution in [0, 0.1) is 0 Å². The number of benzene rings is 2. The van der Waals surface area contributed by atoms with Crippen LogP contribution in [0.2, 0.25) is 0 Å². The van der Waals surface area contributed by atoms with Crippen LogP contribution in [-0.4, -0.2) is 5.11 Å². The number of nitrogens with two attached hydrogens (primary N) is 2. The minimum absolute atomic E-state index is 0.299. The zero-order valence-electron chi connectivity index (χ0n) is 8.60. The van der Waals surface area contributed by atoms with E-state index < -0.39 is 0 Å². The molecule has 4 heteroatoms. The molecule has 2 aromatic rings. The molecule has 0 fully saturated rings. The van der Waals surface area contributed by atoms with Crippen LogP contribution < -0.4 is 11.5 Å². The summed E-state index contributed by atoms with van der Waals surface area (Å²) in [6.45, 7) is 0. The van der Waals surface area contributed by atoms with Gasteiger partial charge < -0.3 is 16.6 Å². The van der Waals surface area contributed by atoms with Gasteiger partial charge in [0, 0.05) is 15.8 Å². The molecule has 0 saturated carbocycles. The lowest BCUT2D eigenvalue weighted by Crippen LogP contribution is -1.86. The predicted molar refractivity (Wildman–Crippen MR) is 71.1 cm³/mol. The molecule has 84 valence electrons. The zero-order valence-corrected chi connectivity index (χ0v) is 10.2. The fraction of sp³-hybridized carbons (Fsp3) is 0. The second-order valence-corrected chi connectivity index (χ2v) is 4.06. The number of aromatic hydroxyl groups is 1. The molecule has 3 nitrogen and oxygen atoms in total. The molecule has 16 heavy (non-hydrogen) atoms. The summed E-state index contributed by atoms with van der Waals surface area (Å²) in [5.74, 6) is 0.299. The lowest BCUT2D eigenvalue weighted by atomic mass is 10.3. The SMILES string of the molecule is Nc1ccc(N)cc1.Oc1ccc(Br)cc1. The average molecular weight is 281 g/mol. The molecule has 0 aliphatic rings. The Hall–Kier alpha value is -1.68. The van der Waals surface area contributed by atoms with Crippen LogP contribution in [0.5, 0.6) is 5.75 Å². The average Bonchev–Trinajstić information content (AvgIpc) is 2.28. The first kappa shape index (κ1) is 12.4. The number of nitrogen functional groups attached to an aromatic ring is 2. The van der Waals surface area contributed by atoms with Crippen molar-refractivity contribution in [1.29, 1.82) is 0 Å². The van der Waals surface area contributed by atoms with Gasteiger partial charge in [0.2, 0.25) is 0 Å². The largest absolute Gasteiger partial charge is 0.508 e. The van der Waals surface area contributed by atoms with Gasteiger partial charge in [0.1, 0.15) is 5.75 Å². The fourth-order valence-electron chi connectivity index (χ4n) is 0.937. The van der Waals surface area contributed by atoms with Gasteiger partial charge in [-0.05, 0) is 48.5 Å². The van der Waals surface area contributed by atoms with E-state index in [1.54, 1.807) is 48.5 Å². The molecule has 0 atom stereocenters. The van der Waals surface area contributed by atoms with Crippen LogP contribution in [0.4, 0.5) is 11.4 Å². The molecular formula is C12H13BrN2O. The van der Waals surface area contributed by atoms with E-state index in [2.05, 4.69) is 15.9 Å². The van der Waals surface area contributed by atoms with E-state index in [1.165, 1.54) is 0 Å². The fourth-order valence-corrected chi connectivity index (χ4v) is 1.20. The van der Waals surface area contributed by atoms with Gasteiger partial charge >= 0.3 is 0 Å². The van der Waals surface area contributed by atoms with Crippen LogP contribution in [-0.2, 0) is 0 Å². The van der Waals surface area contributed by atoms with Crippen molar-refractivity contribution in [1.82, 2.24) is 0 Å². The van der Waals surface area contributed by atoms with Crippen LogP contribution in [0.3, 0.4) is 0 Å². The third-order valence-electron chi connectivity index (χ3n) is 1.76. The number of hydrogen-bond donors (Lipinski definition) is 3. The monoisotopic (exact) mass is 280 g/mol. The minimum Gasteiger partial charge on any atom is -0.508 e. The lowest BCUT2D eigenvalue weighted by molar-refractivity contribution is 0.475. The van der Waals surface area contributed by atoms with Crippen molar-refractivity contribution in [2.24, 2.45) is 0 Å². The van der Waals surface area contributed by atoms with E-state index in [1.807, 2.05) is 0 Å². The molecule has 0 saturated heterocycles. The second kappa shape index (κ2) is 6.02. The number of phenols is 1. The molecule has 0 unspecified atom stereocenters. The predicted octanol–water partition coefficient (Wildman–Crippen LogP) is 3.01. The molecule has 2 rings (SSSR count). The number of anilines is 2. The molecule has 0 spiro atoms. The Labute approximate surface area is 103 Å². The highest BCUT2D eigenvalue weighted by atomic mass is 79.9. The van der Waals surface area contributed by atoms with Gasteiger partial charge in [0.25, 0.3) is 0 Å². The van der Waals surface area contributed by atoms with E-state index in [0.717, 1.165) is 15.8 Å². The quantitative estimate of drug-likeness (QED) is 0.650. The summed E-state index contributed by atoms with van der Waals surface area (Å²) in [6.07, 6.45) is 0. The van der Waals surface area contributed by atoms with E-state index in [0.29, 0.717) is 5.75 Å². The number of rotatable bonds is 0. The maximum atomic E-state index is 8.74. The van der Waals surface area contributed by atoms with Crippen molar-refractivity contribution < 1.29 is 5.11 Å². The van der Waals surface area contributed by atoms with Crippen LogP contribution >= 0.6 is 15.9 Å². The smallest absolute Gasteiger partial charge is 0.115 e. The summed E-state index contributed by atoms with van der Waals surface area (Å²) in [7, 11) is 0. The topological polar surface area (TPSA) is 72.3 Å². The highest BCUT2D eigenvalue weighted by Crippen LogP contribution is 2.13. The molecule has 0 aliphatic carbocycles. The van der Waals surface area contributed by atoms with Crippen molar-refractivity contribution in [3.63, 3.8) is 0 Å². The molecule has 0 radical (unpaired) electrons. The molecular weight excluding hydrogens is 268 g/mol.